The van der Waals surface area contributed by atoms with Gasteiger partial charge in [-0.05, 0) is 0 Å². The van der Waals surface area contributed by atoms with Crippen molar-refractivity contribution in [1.29, 1.82) is 0 Å². The van der Waals surface area contributed by atoms with Crippen LogP contribution in [0.1, 0.15) is 41.5 Å². The van der Waals surface area contributed by atoms with E-state index in [2.05, 4.69) is 10.6 Å². The number of nitrogens with one attached hydrogen (secondary N) is 2. The molecule has 208 valence electrons. The fourth-order valence-electron chi connectivity index (χ4n) is 0.631. The van der Waals surface area contributed by atoms with Crippen molar-refractivity contribution in [3.05, 3.63) is 0 Å². The number of carboxylic acid groups (broad SMARTS) is 6. The number of carboxylic acids is 6. The molecule has 0 rings (SSSR count). The van der Waals surface area contributed by atoms with Crippen molar-refractivity contribution < 1.29 is 59.4 Å². The summed E-state index contributed by atoms with van der Waals surface area (Å²) in [7, 11) is 0. The van der Waals surface area contributed by atoms with Crippen molar-refractivity contribution in [1.82, 2.24) is 10.6 Å². The van der Waals surface area contributed by atoms with Crippen molar-refractivity contribution in [2.24, 2.45) is 11.5 Å². The number of hydrogen-bond donors (Lipinski definition) is 10. The second kappa shape index (κ2) is 53.2. The molecule has 0 atom stereocenters. The summed E-state index contributed by atoms with van der Waals surface area (Å²) in [5.41, 5.74) is 10.5. The van der Waals surface area contributed by atoms with E-state index in [4.69, 9.17) is 70.9 Å². The molecule has 0 spiro atoms. The molecule has 0 aliphatic heterocycles. The molecule has 0 heterocycles. The predicted octanol–water partition coefficient (Wildman–Crippen LogP) is -2.02. The first-order chi connectivity index (χ1) is 15.3. The summed E-state index contributed by atoms with van der Waals surface area (Å²) in [6.45, 7) is 11.6. The van der Waals surface area contributed by atoms with E-state index in [1.165, 1.54) is 0 Å². The minimum absolute atomic E-state index is 0. The maximum atomic E-state index is 9.00. The average Bonchev–Trinajstić information content (AvgIpc) is 2.55. The number of carbonyl (C=O) groups is 6. The Bertz CT molecular complexity index is 385. The molecule has 0 aromatic rings. The third-order valence-electron chi connectivity index (χ3n) is 1.12. The number of aliphatic carboxylic acids is 6. The van der Waals surface area contributed by atoms with Crippen LogP contribution in [0.25, 0.3) is 0 Å². The Morgan fingerprint density at radius 1 is 0.457 bits per heavy atom. The summed E-state index contributed by atoms with van der Waals surface area (Å²) < 4.78 is 0. The second-order valence-corrected chi connectivity index (χ2v) is 5.19. The van der Waals surface area contributed by atoms with Gasteiger partial charge in [0.2, 0.25) is 0 Å². The molecular weight excluding hydrogens is 487 g/mol. The van der Waals surface area contributed by atoms with Crippen molar-refractivity contribution in [2.75, 3.05) is 39.3 Å². The van der Waals surface area contributed by atoms with Gasteiger partial charge in [-0.2, -0.15) is 0 Å². The Morgan fingerprint density at radius 2 is 0.571 bits per heavy atom. The van der Waals surface area contributed by atoms with Crippen LogP contribution in [0.3, 0.4) is 0 Å². The van der Waals surface area contributed by atoms with Crippen LogP contribution in [0, 0.1) is 0 Å². The van der Waals surface area contributed by atoms with Gasteiger partial charge < -0.3 is 52.7 Å². The molecule has 0 saturated carbocycles. The molecule has 0 fully saturated rings. The van der Waals surface area contributed by atoms with Crippen LogP contribution in [0.15, 0.2) is 0 Å². The first kappa shape index (κ1) is 53.8. The summed E-state index contributed by atoms with van der Waals surface area (Å²) in [6, 6.07) is 0. The van der Waals surface area contributed by atoms with Gasteiger partial charge in [0, 0.05) is 80.8 Å². The van der Waals surface area contributed by atoms with Crippen LogP contribution in [0.5, 0.6) is 0 Å². The molecule has 12 N–H and O–H groups in total. The van der Waals surface area contributed by atoms with Crippen LogP contribution in [-0.2, 0) is 28.8 Å². The van der Waals surface area contributed by atoms with Crippen LogP contribution in [-0.4, -0.2) is 135 Å². The van der Waals surface area contributed by atoms with Crippen LogP contribution in [0.4, 0.5) is 0 Å². The Hall–Kier alpha value is -2.34. The van der Waals surface area contributed by atoms with Gasteiger partial charge in [0.15, 0.2) is 0 Å². The molecular formula is C18H43N4NaO12. The summed E-state index contributed by atoms with van der Waals surface area (Å²) >= 11 is 0. The monoisotopic (exact) mass is 530 g/mol. The van der Waals surface area contributed by atoms with E-state index in [-0.39, 0.29) is 29.6 Å². The predicted molar refractivity (Wildman–Crippen MR) is 131 cm³/mol. The molecule has 0 saturated heterocycles. The van der Waals surface area contributed by atoms with Crippen molar-refractivity contribution in [3.63, 3.8) is 0 Å². The van der Waals surface area contributed by atoms with E-state index in [1.54, 1.807) is 0 Å². The number of rotatable bonds is 7. The van der Waals surface area contributed by atoms with E-state index in [9.17, 15) is 0 Å². The van der Waals surface area contributed by atoms with E-state index >= 15 is 0 Å². The summed E-state index contributed by atoms with van der Waals surface area (Å²) in [5, 5.41) is 50.8. The van der Waals surface area contributed by atoms with Crippen LogP contribution in [0.2, 0.25) is 0 Å². The third-order valence-corrected chi connectivity index (χ3v) is 1.12. The third kappa shape index (κ3) is 1280. The number of hydrogen-bond acceptors (Lipinski definition) is 10. The first-order valence-corrected chi connectivity index (χ1v) is 9.30. The molecule has 17 heteroatoms. The van der Waals surface area contributed by atoms with E-state index in [0.29, 0.717) is 13.1 Å². The van der Waals surface area contributed by atoms with Gasteiger partial charge in [-0.3, -0.25) is 28.8 Å². The minimum atomic E-state index is -0.833. The molecule has 0 bridgehead atoms. The molecule has 0 aromatic carbocycles. The SMILES string of the molecule is CC(=O)O.CC(=O)O.CC(=O)O.CC(=O)O.CC(=O)O.CC(=O)O.NCCNCCNCCN.[NaH]. The molecule has 0 aliphatic carbocycles. The van der Waals surface area contributed by atoms with Gasteiger partial charge in [0.05, 0.1) is 0 Å². The molecule has 16 nitrogen and oxygen atoms in total. The molecule has 35 heavy (non-hydrogen) atoms. The maximum absolute atomic E-state index is 9.00. The average molecular weight is 531 g/mol. The van der Waals surface area contributed by atoms with Gasteiger partial charge in [0.25, 0.3) is 35.8 Å². The van der Waals surface area contributed by atoms with Gasteiger partial charge >= 0.3 is 29.6 Å². The number of nitrogens with two attached hydrogens (primary N) is 2. The molecule has 0 aromatic heterocycles. The quantitative estimate of drug-likeness (QED) is 0.125. The fraction of sp³-hybridized carbons (Fsp3) is 0.667. The Kier molecular flexibility index (Phi) is 81.8. The zero-order valence-corrected chi connectivity index (χ0v) is 20.5. The van der Waals surface area contributed by atoms with Gasteiger partial charge in [-0.15, -0.1) is 0 Å². The van der Waals surface area contributed by atoms with Crippen molar-refractivity contribution in [3.8, 4) is 0 Å². The fourth-order valence-corrected chi connectivity index (χ4v) is 0.631. The van der Waals surface area contributed by atoms with E-state index in [0.717, 1.165) is 67.7 Å². The summed E-state index contributed by atoms with van der Waals surface area (Å²) in [5.74, 6) is -5.00. The topological polar surface area (TPSA) is 300 Å². The van der Waals surface area contributed by atoms with Gasteiger partial charge in [0.1, 0.15) is 0 Å². The first-order valence-electron chi connectivity index (χ1n) is 9.30. The zero-order valence-electron chi connectivity index (χ0n) is 20.5. The van der Waals surface area contributed by atoms with Crippen molar-refractivity contribution in [2.45, 2.75) is 41.5 Å². The summed E-state index contributed by atoms with van der Waals surface area (Å²) in [6.07, 6.45) is 0. The Morgan fingerprint density at radius 3 is 0.657 bits per heavy atom. The summed E-state index contributed by atoms with van der Waals surface area (Å²) in [4.78, 5) is 54.0. The molecule has 0 radical (unpaired) electrons. The molecule has 0 amide bonds. The Balaban J connectivity index is -0.0000000423. The zero-order chi connectivity index (χ0) is 29.1. The van der Waals surface area contributed by atoms with Crippen LogP contribution < -0.4 is 22.1 Å². The van der Waals surface area contributed by atoms with Crippen LogP contribution >= 0.6 is 0 Å². The normalized spacial score (nSPS) is 7.20. The molecule has 0 unspecified atom stereocenters. The van der Waals surface area contributed by atoms with Gasteiger partial charge in [-0.1, -0.05) is 0 Å². The van der Waals surface area contributed by atoms with E-state index < -0.39 is 35.8 Å². The standard InChI is InChI=1S/C6H18N4.6C2H4O2.Na.H/c7-1-3-9-5-6-10-4-2-8;6*1-2(3)4;;/h9-10H,1-8H2;6*1H3,(H,3,4);;. The molecule has 0 aliphatic rings. The van der Waals surface area contributed by atoms with Gasteiger partial charge in [-0.25, -0.2) is 0 Å². The van der Waals surface area contributed by atoms with E-state index in [1.807, 2.05) is 0 Å². The van der Waals surface area contributed by atoms with Crippen molar-refractivity contribution >= 4 is 65.4 Å². The Labute approximate surface area is 227 Å². The second-order valence-electron chi connectivity index (χ2n) is 5.19.